The van der Waals surface area contributed by atoms with Gasteiger partial charge in [-0.3, -0.25) is 0 Å². The molecular formula is C12H12ClF3N2O. The topological polar surface area (TPSA) is 27.1 Å². The molecule has 104 valence electrons. The first-order valence-electron chi connectivity index (χ1n) is 5.68. The van der Waals surface area contributed by atoms with Crippen molar-refractivity contribution in [2.75, 3.05) is 13.2 Å². The molecule has 0 aliphatic carbocycles. The Hall–Kier alpha value is -1.27. The van der Waals surface area contributed by atoms with Crippen LogP contribution in [0, 0.1) is 5.82 Å². The number of rotatable bonds is 6. The Labute approximate surface area is 112 Å². The minimum atomic E-state index is -2.50. The Kier molecular flexibility index (Phi) is 4.66. The van der Waals surface area contributed by atoms with Gasteiger partial charge in [-0.2, -0.15) is 0 Å². The molecule has 0 N–H and O–H groups in total. The lowest BCUT2D eigenvalue weighted by Gasteiger charge is -2.08. The van der Waals surface area contributed by atoms with E-state index >= 15 is 0 Å². The zero-order valence-corrected chi connectivity index (χ0v) is 10.7. The second kappa shape index (κ2) is 6.25. The zero-order valence-electron chi connectivity index (χ0n) is 9.95. The Morgan fingerprint density at radius 1 is 1.37 bits per heavy atom. The third kappa shape index (κ3) is 3.39. The van der Waals surface area contributed by atoms with Gasteiger partial charge in [-0.05, 0) is 18.2 Å². The normalized spacial score (nSPS) is 11.6. The van der Waals surface area contributed by atoms with E-state index in [2.05, 4.69) is 4.98 Å². The van der Waals surface area contributed by atoms with Gasteiger partial charge in [-0.15, -0.1) is 11.6 Å². The van der Waals surface area contributed by atoms with Crippen molar-refractivity contribution in [3.8, 4) is 0 Å². The Balaban J connectivity index is 2.17. The van der Waals surface area contributed by atoms with Gasteiger partial charge >= 0.3 is 0 Å². The Bertz CT molecular complexity index is 559. The molecule has 0 saturated heterocycles. The van der Waals surface area contributed by atoms with E-state index in [-0.39, 0.29) is 18.3 Å². The number of nitrogens with zero attached hydrogens (tertiary/aromatic N) is 2. The van der Waals surface area contributed by atoms with Crippen molar-refractivity contribution in [1.29, 1.82) is 0 Å². The summed E-state index contributed by atoms with van der Waals surface area (Å²) in [6.45, 7) is -0.220. The molecule has 2 rings (SSSR count). The molecule has 0 bridgehead atoms. The average Bonchev–Trinajstić information content (AvgIpc) is 2.72. The molecule has 0 radical (unpaired) electrons. The van der Waals surface area contributed by atoms with Crippen LogP contribution in [0.5, 0.6) is 0 Å². The molecule has 0 saturated carbocycles. The Morgan fingerprint density at radius 2 is 2.16 bits per heavy atom. The highest BCUT2D eigenvalue weighted by Gasteiger charge is 2.11. The van der Waals surface area contributed by atoms with Crippen LogP contribution in [0.1, 0.15) is 5.82 Å². The smallest absolute Gasteiger partial charge is 0.261 e. The van der Waals surface area contributed by atoms with Gasteiger partial charge in [-0.25, -0.2) is 18.2 Å². The number of aromatic nitrogens is 2. The molecule has 0 atom stereocenters. The lowest BCUT2D eigenvalue weighted by molar-refractivity contribution is 0.0149. The quantitative estimate of drug-likeness (QED) is 0.604. The number of hydrogen-bond acceptors (Lipinski definition) is 2. The van der Waals surface area contributed by atoms with Crippen LogP contribution in [0.4, 0.5) is 13.2 Å². The third-order valence-electron chi connectivity index (χ3n) is 2.61. The lowest BCUT2D eigenvalue weighted by atomic mass is 10.3. The summed E-state index contributed by atoms with van der Waals surface area (Å²) in [5.74, 6) is 0.330. The van der Waals surface area contributed by atoms with Crippen LogP contribution in [-0.4, -0.2) is 29.2 Å². The molecule has 0 aliphatic heterocycles. The molecule has 1 aromatic heterocycles. The van der Waals surface area contributed by atoms with Crippen LogP contribution >= 0.6 is 11.6 Å². The van der Waals surface area contributed by atoms with Gasteiger partial charge in [0.05, 0.1) is 23.5 Å². The van der Waals surface area contributed by atoms with Gasteiger partial charge in [0.25, 0.3) is 6.43 Å². The van der Waals surface area contributed by atoms with Gasteiger partial charge < -0.3 is 9.30 Å². The van der Waals surface area contributed by atoms with Gasteiger partial charge in [0, 0.05) is 6.54 Å². The predicted octanol–water partition coefficient (Wildman–Crippen LogP) is 3.20. The third-order valence-corrected chi connectivity index (χ3v) is 2.85. The van der Waals surface area contributed by atoms with Crippen molar-refractivity contribution in [2.45, 2.75) is 18.9 Å². The highest BCUT2D eigenvalue weighted by atomic mass is 35.5. The number of halogens is 4. The molecule has 0 spiro atoms. The lowest BCUT2D eigenvalue weighted by Crippen LogP contribution is -2.12. The number of benzene rings is 1. The molecule has 0 unspecified atom stereocenters. The van der Waals surface area contributed by atoms with Gasteiger partial charge in [0.15, 0.2) is 0 Å². The summed E-state index contributed by atoms with van der Waals surface area (Å²) >= 11 is 5.77. The van der Waals surface area contributed by atoms with Crippen molar-refractivity contribution < 1.29 is 17.9 Å². The second-order valence-electron chi connectivity index (χ2n) is 3.91. The predicted molar refractivity (Wildman–Crippen MR) is 66.1 cm³/mol. The molecule has 2 aromatic rings. The first-order chi connectivity index (χ1) is 9.11. The van der Waals surface area contributed by atoms with Crippen molar-refractivity contribution in [1.82, 2.24) is 9.55 Å². The number of hydrogen-bond donors (Lipinski definition) is 0. The molecule has 0 fully saturated rings. The fourth-order valence-electron chi connectivity index (χ4n) is 1.83. The van der Waals surface area contributed by atoms with Crippen LogP contribution in [0.15, 0.2) is 18.2 Å². The van der Waals surface area contributed by atoms with E-state index in [4.69, 9.17) is 16.3 Å². The first kappa shape index (κ1) is 14.1. The van der Waals surface area contributed by atoms with Crippen LogP contribution in [0.2, 0.25) is 0 Å². The molecule has 1 heterocycles. The van der Waals surface area contributed by atoms with E-state index < -0.39 is 13.0 Å². The van der Waals surface area contributed by atoms with E-state index in [0.717, 1.165) is 0 Å². The highest BCUT2D eigenvalue weighted by Crippen LogP contribution is 2.18. The summed E-state index contributed by atoms with van der Waals surface area (Å²) < 4.78 is 43.6. The standard InChI is InChI=1S/C12H12ClF3N2O/c13-6-12-17-9-2-1-8(14)5-10(9)18(12)3-4-19-7-11(15)16/h1-2,5,11H,3-4,6-7H2. The van der Waals surface area contributed by atoms with Gasteiger partial charge in [0.1, 0.15) is 18.2 Å². The number of alkyl halides is 3. The average molecular weight is 293 g/mol. The summed E-state index contributed by atoms with van der Waals surface area (Å²) in [6.07, 6.45) is -2.50. The summed E-state index contributed by atoms with van der Waals surface area (Å²) in [7, 11) is 0. The van der Waals surface area contributed by atoms with E-state index in [1.54, 1.807) is 10.6 Å². The number of fused-ring (bicyclic) bond motifs is 1. The molecule has 0 aliphatic rings. The van der Waals surface area contributed by atoms with E-state index in [1.165, 1.54) is 12.1 Å². The van der Waals surface area contributed by atoms with Gasteiger partial charge in [0.2, 0.25) is 0 Å². The SMILES string of the molecule is Fc1ccc2nc(CCl)n(CCOCC(F)F)c2c1. The summed E-state index contributed by atoms with van der Waals surface area (Å²) in [5.41, 5.74) is 1.20. The van der Waals surface area contributed by atoms with Gasteiger partial charge in [-0.1, -0.05) is 0 Å². The fourth-order valence-corrected chi connectivity index (χ4v) is 2.03. The summed E-state index contributed by atoms with van der Waals surface area (Å²) in [5, 5.41) is 0. The molecule has 3 nitrogen and oxygen atoms in total. The molecule has 7 heteroatoms. The fraction of sp³-hybridized carbons (Fsp3) is 0.417. The van der Waals surface area contributed by atoms with E-state index in [0.29, 0.717) is 23.4 Å². The highest BCUT2D eigenvalue weighted by molar-refractivity contribution is 6.16. The largest absolute Gasteiger partial charge is 0.374 e. The number of ether oxygens (including phenoxy) is 1. The molecule has 1 aromatic carbocycles. The minimum Gasteiger partial charge on any atom is -0.374 e. The van der Waals surface area contributed by atoms with Crippen molar-refractivity contribution in [3.05, 3.63) is 29.8 Å². The number of imidazole rings is 1. The molecule has 19 heavy (non-hydrogen) atoms. The molecular weight excluding hydrogens is 281 g/mol. The second-order valence-corrected chi connectivity index (χ2v) is 4.18. The van der Waals surface area contributed by atoms with Crippen LogP contribution in [0.3, 0.4) is 0 Å². The van der Waals surface area contributed by atoms with Crippen molar-refractivity contribution in [2.24, 2.45) is 0 Å². The van der Waals surface area contributed by atoms with Crippen LogP contribution in [0.25, 0.3) is 11.0 Å². The Morgan fingerprint density at radius 3 is 2.84 bits per heavy atom. The molecule has 0 amide bonds. The maximum Gasteiger partial charge on any atom is 0.261 e. The minimum absolute atomic E-state index is 0.0935. The van der Waals surface area contributed by atoms with E-state index in [9.17, 15) is 13.2 Å². The maximum absolute atomic E-state index is 13.2. The zero-order chi connectivity index (χ0) is 13.8. The maximum atomic E-state index is 13.2. The van der Waals surface area contributed by atoms with Crippen molar-refractivity contribution in [3.63, 3.8) is 0 Å². The van der Waals surface area contributed by atoms with Crippen LogP contribution in [-0.2, 0) is 17.2 Å². The summed E-state index contributed by atoms with van der Waals surface area (Å²) in [4.78, 5) is 4.25. The van der Waals surface area contributed by atoms with Crippen LogP contribution < -0.4 is 0 Å². The van der Waals surface area contributed by atoms with Crippen molar-refractivity contribution >= 4 is 22.6 Å². The summed E-state index contributed by atoms with van der Waals surface area (Å²) in [6, 6.07) is 4.20. The first-order valence-corrected chi connectivity index (χ1v) is 6.22. The monoisotopic (exact) mass is 292 g/mol. The van der Waals surface area contributed by atoms with E-state index in [1.807, 2.05) is 0 Å².